The van der Waals surface area contributed by atoms with E-state index in [1.165, 1.54) is 16.9 Å². The van der Waals surface area contributed by atoms with Gasteiger partial charge < -0.3 is 5.32 Å². The Morgan fingerprint density at radius 2 is 1.63 bits per heavy atom. The first-order valence-electron chi connectivity index (χ1n) is 10.2. The van der Waals surface area contributed by atoms with E-state index < -0.39 is 0 Å². The number of hydrogen-bond acceptors (Lipinski definition) is 5. The van der Waals surface area contributed by atoms with E-state index in [-0.39, 0.29) is 5.91 Å². The fourth-order valence-corrected chi connectivity index (χ4v) is 4.20. The highest BCUT2D eigenvalue weighted by atomic mass is 32.1. The molecule has 2 heterocycles. The Morgan fingerprint density at radius 1 is 0.967 bits per heavy atom. The van der Waals surface area contributed by atoms with E-state index >= 15 is 0 Å². The molecule has 5 nitrogen and oxygen atoms in total. The van der Waals surface area contributed by atoms with E-state index in [0.717, 1.165) is 44.0 Å². The Balaban J connectivity index is 1.19. The largest absolute Gasteiger partial charge is 0.301 e. The second-order valence-corrected chi connectivity index (χ2v) is 8.20. The first-order chi connectivity index (χ1) is 14.8. The number of thiazole rings is 1. The van der Waals surface area contributed by atoms with Crippen molar-refractivity contribution >= 4 is 28.5 Å². The van der Waals surface area contributed by atoms with Crippen molar-refractivity contribution < 1.29 is 4.79 Å². The van der Waals surface area contributed by atoms with Gasteiger partial charge in [-0.3, -0.25) is 14.6 Å². The zero-order chi connectivity index (χ0) is 20.6. The van der Waals surface area contributed by atoms with Crippen molar-refractivity contribution in [2.45, 2.75) is 0 Å². The van der Waals surface area contributed by atoms with Gasteiger partial charge in [-0.15, -0.1) is 11.3 Å². The van der Waals surface area contributed by atoms with Gasteiger partial charge in [0.2, 0.25) is 5.91 Å². The van der Waals surface area contributed by atoms with E-state index in [4.69, 9.17) is 0 Å². The van der Waals surface area contributed by atoms with Gasteiger partial charge in [-0.25, -0.2) is 4.98 Å². The predicted octanol–water partition coefficient (Wildman–Crippen LogP) is 4.08. The van der Waals surface area contributed by atoms with Crippen molar-refractivity contribution in [3.8, 4) is 11.3 Å². The average molecular weight is 419 g/mol. The van der Waals surface area contributed by atoms with E-state index in [0.29, 0.717) is 11.7 Å². The molecule has 1 N–H and O–H groups in total. The van der Waals surface area contributed by atoms with Crippen molar-refractivity contribution in [3.05, 3.63) is 77.7 Å². The summed E-state index contributed by atoms with van der Waals surface area (Å²) in [6.07, 6.45) is 4.38. The minimum atomic E-state index is 0.00128. The first kappa shape index (κ1) is 20.5. The summed E-state index contributed by atoms with van der Waals surface area (Å²) in [6, 6.07) is 20.4. The van der Waals surface area contributed by atoms with Gasteiger partial charge in [0.15, 0.2) is 5.13 Å². The zero-order valence-corrected chi connectivity index (χ0v) is 17.7. The second kappa shape index (κ2) is 10.3. The number of piperazine rings is 1. The highest BCUT2D eigenvalue weighted by Gasteiger charge is 2.18. The van der Waals surface area contributed by atoms with Crippen LogP contribution in [0.15, 0.2) is 72.1 Å². The van der Waals surface area contributed by atoms with Crippen LogP contribution in [0.1, 0.15) is 5.56 Å². The lowest BCUT2D eigenvalue weighted by Gasteiger charge is -2.33. The molecule has 0 unspecified atom stereocenters. The van der Waals surface area contributed by atoms with Gasteiger partial charge in [-0.05, 0) is 5.56 Å². The number of amides is 1. The molecule has 0 spiro atoms. The lowest BCUT2D eigenvalue weighted by Crippen LogP contribution is -2.48. The second-order valence-electron chi connectivity index (χ2n) is 7.34. The third kappa shape index (κ3) is 5.86. The van der Waals surface area contributed by atoms with Crippen molar-refractivity contribution in [1.29, 1.82) is 0 Å². The van der Waals surface area contributed by atoms with Gasteiger partial charge in [0.05, 0.1) is 12.2 Å². The fourth-order valence-electron chi connectivity index (χ4n) is 3.47. The number of hydrogen-bond donors (Lipinski definition) is 1. The van der Waals surface area contributed by atoms with Crippen LogP contribution >= 0.6 is 11.3 Å². The van der Waals surface area contributed by atoms with Gasteiger partial charge >= 0.3 is 0 Å². The molecule has 0 aliphatic carbocycles. The molecule has 6 heteroatoms. The Bertz CT molecular complexity index is 963. The molecule has 1 amide bonds. The van der Waals surface area contributed by atoms with Crippen molar-refractivity contribution in [2.24, 2.45) is 0 Å². The molecular weight excluding hydrogens is 392 g/mol. The number of aromatic nitrogens is 1. The van der Waals surface area contributed by atoms with E-state index in [2.05, 4.69) is 56.5 Å². The van der Waals surface area contributed by atoms with Crippen LogP contribution in [-0.2, 0) is 4.79 Å². The lowest BCUT2D eigenvalue weighted by atomic mass is 10.2. The smallest absolute Gasteiger partial charge is 0.240 e. The summed E-state index contributed by atoms with van der Waals surface area (Å²) in [5, 5.41) is 5.58. The molecule has 1 aromatic heterocycles. The van der Waals surface area contributed by atoms with Gasteiger partial charge in [0.25, 0.3) is 0 Å². The minimum absolute atomic E-state index is 0.00128. The van der Waals surface area contributed by atoms with E-state index in [1.807, 2.05) is 41.8 Å². The molecule has 2 aromatic carbocycles. The van der Waals surface area contributed by atoms with Crippen LogP contribution < -0.4 is 5.32 Å². The van der Waals surface area contributed by atoms with Crippen molar-refractivity contribution in [1.82, 2.24) is 14.8 Å². The highest BCUT2D eigenvalue weighted by Crippen LogP contribution is 2.24. The third-order valence-electron chi connectivity index (χ3n) is 5.13. The number of carbonyl (C=O) groups excluding carboxylic acids is 1. The van der Waals surface area contributed by atoms with Crippen LogP contribution in [0, 0.1) is 0 Å². The number of anilines is 1. The number of nitrogens with zero attached hydrogens (tertiary/aromatic N) is 3. The summed E-state index contributed by atoms with van der Waals surface area (Å²) >= 11 is 1.46. The van der Waals surface area contributed by atoms with Crippen LogP contribution in [0.4, 0.5) is 5.13 Å². The summed E-state index contributed by atoms with van der Waals surface area (Å²) in [5.41, 5.74) is 3.19. The third-order valence-corrected chi connectivity index (χ3v) is 5.88. The molecule has 3 aromatic rings. The Morgan fingerprint density at radius 3 is 2.37 bits per heavy atom. The Labute approximate surface area is 181 Å². The monoisotopic (exact) mass is 418 g/mol. The molecule has 154 valence electrons. The summed E-state index contributed by atoms with van der Waals surface area (Å²) in [6.45, 7) is 5.10. The standard InChI is InChI=1S/C24H26N4OS/c29-23(26-24-25-22(19-30-24)21-11-5-2-6-12-21)18-28-16-14-27(15-17-28)13-7-10-20-8-3-1-4-9-20/h1-12,19H,13-18H2,(H,25,26,29)/b10-7+. The van der Waals surface area contributed by atoms with Crippen LogP contribution in [-0.4, -0.2) is 60.0 Å². The molecule has 1 saturated heterocycles. The molecule has 1 aliphatic heterocycles. The quantitative estimate of drug-likeness (QED) is 0.628. The molecule has 0 bridgehead atoms. The number of nitrogens with one attached hydrogen (secondary N) is 1. The normalized spacial score (nSPS) is 15.5. The van der Waals surface area contributed by atoms with Gasteiger partial charge in [-0.1, -0.05) is 72.8 Å². The first-order valence-corrected chi connectivity index (χ1v) is 11.1. The molecule has 4 rings (SSSR count). The predicted molar refractivity (Wildman–Crippen MR) is 125 cm³/mol. The average Bonchev–Trinajstić information content (AvgIpc) is 3.25. The summed E-state index contributed by atoms with van der Waals surface area (Å²) in [5.74, 6) is 0.00128. The zero-order valence-electron chi connectivity index (χ0n) is 16.9. The molecule has 1 fully saturated rings. The topological polar surface area (TPSA) is 48.5 Å². The van der Waals surface area contributed by atoms with Crippen LogP contribution in [0.2, 0.25) is 0 Å². The Kier molecular flexibility index (Phi) is 7.03. The summed E-state index contributed by atoms with van der Waals surface area (Å²) in [7, 11) is 0. The Hall–Kier alpha value is -2.80. The maximum Gasteiger partial charge on any atom is 0.240 e. The molecule has 0 saturated carbocycles. The maximum absolute atomic E-state index is 12.4. The summed E-state index contributed by atoms with van der Waals surface area (Å²) < 4.78 is 0. The SMILES string of the molecule is O=C(CN1CCN(C/C=C/c2ccccc2)CC1)Nc1nc(-c2ccccc2)cs1. The van der Waals surface area contributed by atoms with Gasteiger partial charge in [0.1, 0.15) is 0 Å². The molecule has 30 heavy (non-hydrogen) atoms. The van der Waals surface area contributed by atoms with E-state index in [1.54, 1.807) is 0 Å². The van der Waals surface area contributed by atoms with Crippen LogP contribution in [0.25, 0.3) is 17.3 Å². The van der Waals surface area contributed by atoms with E-state index in [9.17, 15) is 4.79 Å². The molecule has 0 atom stereocenters. The van der Waals surface area contributed by atoms with Crippen molar-refractivity contribution in [2.75, 3.05) is 44.6 Å². The highest BCUT2D eigenvalue weighted by molar-refractivity contribution is 7.14. The maximum atomic E-state index is 12.4. The summed E-state index contributed by atoms with van der Waals surface area (Å²) in [4.78, 5) is 21.6. The fraction of sp³-hybridized carbons (Fsp3) is 0.250. The minimum Gasteiger partial charge on any atom is -0.301 e. The van der Waals surface area contributed by atoms with Crippen LogP contribution in [0.5, 0.6) is 0 Å². The number of rotatable bonds is 7. The van der Waals surface area contributed by atoms with Crippen LogP contribution in [0.3, 0.4) is 0 Å². The van der Waals surface area contributed by atoms with Gasteiger partial charge in [0, 0.05) is 43.7 Å². The number of benzene rings is 2. The lowest BCUT2D eigenvalue weighted by molar-refractivity contribution is -0.117. The molecule has 0 radical (unpaired) electrons. The van der Waals surface area contributed by atoms with Crippen molar-refractivity contribution in [3.63, 3.8) is 0 Å². The molecular formula is C24H26N4OS. The molecule has 1 aliphatic rings. The van der Waals surface area contributed by atoms with Gasteiger partial charge in [-0.2, -0.15) is 0 Å². The number of carbonyl (C=O) groups is 1.